The number of rotatable bonds is 7. The van der Waals surface area contributed by atoms with Crippen LogP contribution in [0.3, 0.4) is 0 Å². The summed E-state index contributed by atoms with van der Waals surface area (Å²) in [5, 5.41) is 3.83. The molecule has 0 atom stereocenters. The molecule has 0 saturated carbocycles. The molecule has 6 heteroatoms. The summed E-state index contributed by atoms with van der Waals surface area (Å²) in [6, 6.07) is 8.45. The van der Waals surface area contributed by atoms with Crippen molar-refractivity contribution >= 4 is 5.91 Å². The van der Waals surface area contributed by atoms with E-state index in [4.69, 9.17) is 9.26 Å². The Bertz CT molecular complexity index is 673. The van der Waals surface area contributed by atoms with E-state index in [1.165, 1.54) is 11.1 Å². The maximum absolute atomic E-state index is 12.6. The zero-order valence-corrected chi connectivity index (χ0v) is 14.2. The minimum Gasteiger partial charge on any atom is -0.377 e. The summed E-state index contributed by atoms with van der Waals surface area (Å²) in [4.78, 5) is 18.6. The van der Waals surface area contributed by atoms with Crippen LogP contribution in [0, 0.1) is 5.92 Å². The van der Waals surface area contributed by atoms with Crippen molar-refractivity contribution in [3.63, 3.8) is 0 Å². The van der Waals surface area contributed by atoms with Gasteiger partial charge in [-0.3, -0.25) is 4.79 Å². The van der Waals surface area contributed by atoms with Gasteiger partial charge in [-0.2, -0.15) is 4.98 Å². The second-order valence-corrected chi connectivity index (χ2v) is 6.19. The Labute approximate surface area is 141 Å². The summed E-state index contributed by atoms with van der Waals surface area (Å²) in [5.41, 5.74) is 2.75. The highest BCUT2D eigenvalue weighted by molar-refractivity contribution is 5.76. The van der Waals surface area contributed by atoms with Gasteiger partial charge in [0.15, 0.2) is 5.82 Å². The smallest absolute Gasteiger partial charge is 0.246 e. The van der Waals surface area contributed by atoms with Gasteiger partial charge in [-0.25, -0.2) is 0 Å². The van der Waals surface area contributed by atoms with Crippen molar-refractivity contribution in [1.29, 1.82) is 0 Å². The standard InChI is InChI=1S/C18H23N3O3/c1-3-21(11-17-19-16(12-23-2)20-24-17)18(22)10-13-8-14-6-4-5-7-15(14)9-13/h4-7,13H,3,8-12H2,1-2H3. The van der Waals surface area contributed by atoms with Crippen molar-refractivity contribution in [3.05, 3.63) is 47.1 Å². The van der Waals surface area contributed by atoms with E-state index in [-0.39, 0.29) is 5.91 Å². The van der Waals surface area contributed by atoms with Gasteiger partial charge in [0, 0.05) is 20.1 Å². The SMILES string of the molecule is CCN(Cc1nc(COC)no1)C(=O)CC1Cc2ccccc2C1. The van der Waals surface area contributed by atoms with Crippen molar-refractivity contribution in [1.82, 2.24) is 15.0 Å². The molecule has 1 amide bonds. The largest absolute Gasteiger partial charge is 0.377 e. The number of fused-ring (bicyclic) bond motifs is 1. The third kappa shape index (κ3) is 3.82. The molecule has 0 fully saturated rings. The van der Waals surface area contributed by atoms with Crippen molar-refractivity contribution in [2.24, 2.45) is 5.92 Å². The van der Waals surface area contributed by atoms with Crippen LogP contribution in [0.15, 0.2) is 28.8 Å². The van der Waals surface area contributed by atoms with Crippen LogP contribution in [0.25, 0.3) is 0 Å². The van der Waals surface area contributed by atoms with Crippen LogP contribution in [0.5, 0.6) is 0 Å². The fourth-order valence-corrected chi connectivity index (χ4v) is 3.25. The Morgan fingerprint density at radius 1 is 1.33 bits per heavy atom. The molecule has 1 aliphatic carbocycles. The number of carbonyl (C=O) groups is 1. The molecule has 0 radical (unpaired) electrons. The van der Waals surface area contributed by atoms with Crippen LogP contribution in [-0.2, 0) is 35.5 Å². The minimum absolute atomic E-state index is 0.141. The van der Waals surface area contributed by atoms with Gasteiger partial charge in [0.2, 0.25) is 11.8 Å². The molecule has 0 unspecified atom stereocenters. The van der Waals surface area contributed by atoms with Crippen LogP contribution in [-0.4, -0.2) is 34.6 Å². The van der Waals surface area contributed by atoms with E-state index in [0.717, 1.165) is 12.8 Å². The Hall–Kier alpha value is -2.21. The van der Waals surface area contributed by atoms with Gasteiger partial charge in [0.1, 0.15) is 6.61 Å². The van der Waals surface area contributed by atoms with Crippen molar-refractivity contribution in [2.75, 3.05) is 13.7 Å². The molecule has 0 saturated heterocycles. The summed E-state index contributed by atoms with van der Waals surface area (Å²) >= 11 is 0. The molecular weight excluding hydrogens is 306 g/mol. The molecule has 2 aromatic rings. The zero-order valence-electron chi connectivity index (χ0n) is 14.2. The summed E-state index contributed by atoms with van der Waals surface area (Å²) in [7, 11) is 1.58. The monoisotopic (exact) mass is 329 g/mol. The fourth-order valence-electron chi connectivity index (χ4n) is 3.25. The van der Waals surface area contributed by atoms with E-state index < -0.39 is 0 Å². The normalized spacial score (nSPS) is 13.9. The number of hydrogen-bond donors (Lipinski definition) is 0. The first-order valence-electron chi connectivity index (χ1n) is 8.34. The van der Waals surface area contributed by atoms with E-state index in [9.17, 15) is 4.79 Å². The number of ether oxygens (including phenoxy) is 1. The van der Waals surface area contributed by atoms with Crippen molar-refractivity contribution in [2.45, 2.75) is 39.3 Å². The zero-order chi connectivity index (χ0) is 16.9. The van der Waals surface area contributed by atoms with Gasteiger partial charge in [-0.05, 0) is 36.8 Å². The van der Waals surface area contributed by atoms with Crippen molar-refractivity contribution in [3.8, 4) is 0 Å². The fraction of sp³-hybridized carbons (Fsp3) is 0.500. The van der Waals surface area contributed by atoms with Crippen molar-refractivity contribution < 1.29 is 14.1 Å². The van der Waals surface area contributed by atoms with E-state index >= 15 is 0 Å². The maximum Gasteiger partial charge on any atom is 0.246 e. The number of amides is 1. The summed E-state index contributed by atoms with van der Waals surface area (Å²) in [6.45, 7) is 3.25. The van der Waals surface area contributed by atoms with E-state index in [0.29, 0.717) is 43.8 Å². The van der Waals surface area contributed by atoms with Crippen LogP contribution >= 0.6 is 0 Å². The van der Waals surface area contributed by atoms with Gasteiger partial charge in [0.25, 0.3) is 0 Å². The third-order valence-corrected chi connectivity index (χ3v) is 4.44. The molecule has 0 bridgehead atoms. The van der Waals surface area contributed by atoms with Gasteiger partial charge >= 0.3 is 0 Å². The van der Waals surface area contributed by atoms with Gasteiger partial charge in [0.05, 0.1) is 6.54 Å². The van der Waals surface area contributed by atoms with Crippen LogP contribution < -0.4 is 0 Å². The van der Waals surface area contributed by atoms with Gasteiger partial charge < -0.3 is 14.2 Å². The predicted octanol–water partition coefficient (Wildman–Crippen LogP) is 2.37. The summed E-state index contributed by atoms with van der Waals surface area (Å²) in [5.74, 6) is 1.48. The molecule has 0 N–H and O–H groups in total. The highest BCUT2D eigenvalue weighted by Gasteiger charge is 2.25. The second kappa shape index (κ2) is 7.57. The molecule has 3 rings (SSSR count). The predicted molar refractivity (Wildman–Crippen MR) is 88.1 cm³/mol. The minimum atomic E-state index is 0.141. The summed E-state index contributed by atoms with van der Waals surface area (Å²) in [6.07, 6.45) is 2.53. The number of methoxy groups -OCH3 is 1. The molecule has 24 heavy (non-hydrogen) atoms. The van der Waals surface area contributed by atoms with E-state index in [1.54, 1.807) is 12.0 Å². The van der Waals surface area contributed by atoms with Crippen LogP contribution in [0.4, 0.5) is 0 Å². The Morgan fingerprint density at radius 2 is 2.04 bits per heavy atom. The quantitative estimate of drug-likeness (QED) is 0.780. The lowest BCUT2D eigenvalue weighted by molar-refractivity contribution is -0.132. The van der Waals surface area contributed by atoms with Gasteiger partial charge in [-0.1, -0.05) is 29.4 Å². The molecule has 0 spiro atoms. The molecule has 0 aliphatic heterocycles. The lowest BCUT2D eigenvalue weighted by Gasteiger charge is -2.20. The van der Waals surface area contributed by atoms with Crippen LogP contribution in [0.1, 0.15) is 36.2 Å². The molecular formula is C18H23N3O3. The lowest BCUT2D eigenvalue weighted by Crippen LogP contribution is -2.32. The number of carbonyl (C=O) groups excluding carboxylic acids is 1. The Morgan fingerprint density at radius 3 is 2.67 bits per heavy atom. The number of benzene rings is 1. The van der Waals surface area contributed by atoms with Gasteiger partial charge in [-0.15, -0.1) is 0 Å². The molecule has 6 nitrogen and oxygen atoms in total. The molecule has 128 valence electrons. The third-order valence-electron chi connectivity index (χ3n) is 4.44. The number of aromatic nitrogens is 2. The average Bonchev–Trinajstić information content (AvgIpc) is 3.18. The topological polar surface area (TPSA) is 68.5 Å². The lowest BCUT2D eigenvalue weighted by atomic mass is 10.0. The second-order valence-electron chi connectivity index (χ2n) is 6.19. The molecule has 1 heterocycles. The van der Waals surface area contributed by atoms with E-state index in [2.05, 4.69) is 34.4 Å². The molecule has 1 aliphatic rings. The molecule has 1 aromatic heterocycles. The number of nitrogens with zero attached hydrogens (tertiary/aromatic N) is 3. The maximum atomic E-state index is 12.6. The Kier molecular flexibility index (Phi) is 5.25. The highest BCUT2D eigenvalue weighted by atomic mass is 16.5. The first kappa shape index (κ1) is 16.6. The Balaban J connectivity index is 1.56. The highest BCUT2D eigenvalue weighted by Crippen LogP contribution is 2.29. The summed E-state index contributed by atoms with van der Waals surface area (Å²) < 4.78 is 10.2. The van der Waals surface area contributed by atoms with Crippen LogP contribution in [0.2, 0.25) is 0 Å². The first-order chi connectivity index (χ1) is 11.7. The number of hydrogen-bond acceptors (Lipinski definition) is 5. The molecule has 1 aromatic carbocycles. The average molecular weight is 329 g/mol. The first-order valence-corrected chi connectivity index (χ1v) is 8.34. The van der Waals surface area contributed by atoms with E-state index in [1.807, 2.05) is 6.92 Å².